The van der Waals surface area contributed by atoms with Crippen LogP contribution in [-0.4, -0.2) is 26.6 Å². The molecule has 0 saturated carbocycles. The first-order chi connectivity index (χ1) is 11.3. The Morgan fingerprint density at radius 3 is 2.21 bits per heavy atom. The van der Waals surface area contributed by atoms with Crippen molar-refractivity contribution in [3.8, 4) is 5.75 Å². The highest BCUT2D eigenvalue weighted by Crippen LogP contribution is 2.23. The van der Waals surface area contributed by atoms with Crippen molar-refractivity contribution in [2.45, 2.75) is 24.3 Å². The average molecular weight is 349 g/mol. The van der Waals surface area contributed by atoms with E-state index in [1.54, 1.807) is 36.4 Å². The Labute approximate surface area is 141 Å². The van der Waals surface area contributed by atoms with E-state index in [9.17, 15) is 13.2 Å². The van der Waals surface area contributed by atoms with Crippen molar-refractivity contribution in [3.63, 3.8) is 0 Å². The maximum atomic E-state index is 12.5. The third-order valence-electron chi connectivity index (χ3n) is 3.53. The van der Waals surface area contributed by atoms with Gasteiger partial charge in [0.25, 0.3) is 0 Å². The van der Waals surface area contributed by atoms with Gasteiger partial charge in [0.05, 0.1) is 24.5 Å². The van der Waals surface area contributed by atoms with Gasteiger partial charge in [0.2, 0.25) is 10.0 Å². The minimum atomic E-state index is -3.83. The van der Waals surface area contributed by atoms with E-state index >= 15 is 0 Å². The van der Waals surface area contributed by atoms with E-state index in [-0.39, 0.29) is 11.3 Å². The van der Waals surface area contributed by atoms with Gasteiger partial charge in [0, 0.05) is 0 Å². The molecule has 128 valence electrons. The summed E-state index contributed by atoms with van der Waals surface area (Å²) in [5, 5.41) is 9.09. The van der Waals surface area contributed by atoms with Crippen molar-refractivity contribution in [1.82, 2.24) is 4.72 Å². The van der Waals surface area contributed by atoms with Crippen LogP contribution in [0.3, 0.4) is 0 Å². The fraction of sp³-hybridized carbons (Fsp3) is 0.235. The van der Waals surface area contributed by atoms with Crippen LogP contribution in [0.1, 0.15) is 23.6 Å². The first-order valence-electron chi connectivity index (χ1n) is 7.26. The first kappa shape index (κ1) is 18.0. The van der Waals surface area contributed by atoms with Gasteiger partial charge in [-0.05, 0) is 36.8 Å². The summed E-state index contributed by atoms with van der Waals surface area (Å²) in [6.45, 7) is 1.86. The summed E-state index contributed by atoms with van der Waals surface area (Å²) in [5.74, 6) is -0.489. The Bertz CT molecular complexity index is 798. The third kappa shape index (κ3) is 4.56. The van der Waals surface area contributed by atoms with Gasteiger partial charge in [-0.1, -0.05) is 29.8 Å². The van der Waals surface area contributed by atoms with Gasteiger partial charge >= 0.3 is 5.97 Å². The maximum Gasteiger partial charge on any atom is 0.305 e. The van der Waals surface area contributed by atoms with Crippen LogP contribution < -0.4 is 9.46 Å². The molecule has 2 rings (SSSR count). The molecule has 0 bridgehead atoms. The zero-order valence-corrected chi connectivity index (χ0v) is 14.2. The lowest BCUT2D eigenvalue weighted by molar-refractivity contribution is -0.137. The zero-order chi connectivity index (χ0) is 17.7. The standard InChI is InChI=1S/C17H19NO5S/c1-12-3-9-15(10-4-12)24(21,22)18-16(11-17(19)20)13-5-7-14(23-2)8-6-13/h3-10,16,18H,11H2,1-2H3,(H,19,20). The highest BCUT2D eigenvalue weighted by atomic mass is 32.2. The molecule has 24 heavy (non-hydrogen) atoms. The van der Waals surface area contributed by atoms with Crippen molar-refractivity contribution in [3.05, 3.63) is 59.7 Å². The summed E-state index contributed by atoms with van der Waals surface area (Å²) in [7, 11) is -2.31. The number of methoxy groups -OCH3 is 1. The molecule has 0 aliphatic rings. The van der Waals surface area contributed by atoms with Crippen molar-refractivity contribution >= 4 is 16.0 Å². The van der Waals surface area contributed by atoms with Crippen LogP contribution in [0.25, 0.3) is 0 Å². The lowest BCUT2D eigenvalue weighted by atomic mass is 10.0. The fourth-order valence-corrected chi connectivity index (χ4v) is 3.44. The number of aliphatic carboxylic acids is 1. The first-order valence-corrected chi connectivity index (χ1v) is 8.75. The molecule has 0 saturated heterocycles. The van der Waals surface area contributed by atoms with Gasteiger partial charge in [0.1, 0.15) is 5.75 Å². The van der Waals surface area contributed by atoms with E-state index in [4.69, 9.17) is 9.84 Å². The van der Waals surface area contributed by atoms with E-state index in [1.165, 1.54) is 19.2 Å². The largest absolute Gasteiger partial charge is 0.497 e. The van der Waals surface area contributed by atoms with Crippen molar-refractivity contribution in [1.29, 1.82) is 0 Å². The number of nitrogens with one attached hydrogen (secondary N) is 1. The van der Waals surface area contributed by atoms with E-state index in [0.717, 1.165) is 5.56 Å². The number of ether oxygens (including phenoxy) is 1. The molecule has 1 unspecified atom stereocenters. The summed E-state index contributed by atoms with van der Waals surface area (Å²) in [6.07, 6.45) is -0.364. The summed E-state index contributed by atoms with van der Waals surface area (Å²) >= 11 is 0. The molecule has 2 aromatic rings. The minimum absolute atomic E-state index is 0.0944. The normalized spacial score (nSPS) is 12.6. The van der Waals surface area contributed by atoms with Crippen molar-refractivity contribution in [2.75, 3.05) is 7.11 Å². The Morgan fingerprint density at radius 2 is 1.71 bits per heavy atom. The second kappa shape index (κ2) is 7.46. The lowest BCUT2D eigenvalue weighted by Gasteiger charge is -2.18. The molecular formula is C17H19NO5S. The number of carboxylic acids is 1. The Balaban J connectivity index is 2.30. The summed E-state index contributed by atoms with van der Waals surface area (Å²) < 4.78 is 32.5. The fourth-order valence-electron chi connectivity index (χ4n) is 2.21. The molecule has 2 aromatic carbocycles. The predicted molar refractivity (Wildman–Crippen MR) is 89.5 cm³/mol. The Kier molecular flexibility index (Phi) is 5.58. The SMILES string of the molecule is COc1ccc(C(CC(=O)O)NS(=O)(=O)c2ccc(C)cc2)cc1. The number of hydrogen-bond donors (Lipinski definition) is 2. The molecule has 0 aliphatic heterocycles. The minimum Gasteiger partial charge on any atom is -0.497 e. The van der Waals surface area contributed by atoms with Crippen LogP contribution >= 0.6 is 0 Å². The van der Waals surface area contributed by atoms with Gasteiger partial charge in [-0.2, -0.15) is 0 Å². The number of hydrogen-bond acceptors (Lipinski definition) is 4. The molecule has 0 radical (unpaired) electrons. The number of carbonyl (C=O) groups is 1. The molecule has 7 heteroatoms. The summed E-state index contributed by atoms with van der Waals surface area (Å²) in [5.41, 5.74) is 1.49. The van der Waals surface area contributed by atoms with Gasteiger partial charge in [0.15, 0.2) is 0 Å². The van der Waals surface area contributed by atoms with Gasteiger partial charge in [-0.3, -0.25) is 4.79 Å². The summed E-state index contributed by atoms with van der Waals surface area (Å²) in [4.78, 5) is 11.2. The third-order valence-corrected chi connectivity index (χ3v) is 5.01. The van der Waals surface area contributed by atoms with Gasteiger partial charge in [-0.25, -0.2) is 13.1 Å². The Morgan fingerprint density at radius 1 is 1.12 bits per heavy atom. The van der Waals surface area contributed by atoms with Crippen LogP contribution in [-0.2, 0) is 14.8 Å². The molecular weight excluding hydrogens is 330 g/mol. The van der Waals surface area contributed by atoms with Gasteiger partial charge in [-0.15, -0.1) is 0 Å². The number of sulfonamides is 1. The van der Waals surface area contributed by atoms with E-state index in [2.05, 4.69) is 4.72 Å². The molecule has 0 fully saturated rings. The van der Waals surface area contributed by atoms with Crippen LogP contribution in [0.4, 0.5) is 0 Å². The molecule has 0 aromatic heterocycles. The lowest BCUT2D eigenvalue weighted by Crippen LogP contribution is -2.30. The van der Waals surface area contributed by atoms with Crippen molar-refractivity contribution in [2.24, 2.45) is 0 Å². The van der Waals surface area contributed by atoms with Crippen LogP contribution in [0.15, 0.2) is 53.4 Å². The topological polar surface area (TPSA) is 92.7 Å². The number of benzene rings is 2. The molecule has 2 N–H and O–H groups in total. The van der Waals surface area contributed by atoms with E-state index in [0.29, 0.717) is 11.3 Å². The highest BCUT2D eigenvalue weighted by Gasteiger charge is 2.23. The molecule has 1 atom stereocenters. The zero-order valence-electron chi connectivity index (χ0n) is 13.4. The predicted octanol–water partition coefficient (Wildman–Crippen LogP) is 2.50. The smallest absolute Gasteiger partial charge is 0.305 e. The molecule has 0 heterocycles. The van der Waals surface area contributed by atoms with Crippen LogP contribution in [0, 0.1) is 6.92 Å². The van der Waals surface area contributed by atoms with Crippen molar-refractivity contribution < 1.29 is 23.1 Å². The average Bonchev–Trinajstić information content (AvgIpc) is 2.54. The van der Waals surface area contributed by atoms with E-state index < -0.39 is 22.0 Å². The van der Waals surface area contributed by atoms with Crippen LogP contribution in [0.2, 0.25) is 0 Å². The Hall–Kier alpha value is -2.38. The van der Waals surface area contributed by atoms with Crippen LogP contribution in [0.5, 0.6) is 5.75 Å². The highest BCUT2D eigenvalue weighted by molar-refractivity contribution is 7.89. The second-order valence-electron chi connectivity index (χ2n) is 5.36. The quantitative estimate of drug-likeness (QED) is 0.801. The molecule has 0 amide bonds. The number of rotatable bonds is 7. The molecule has 6 nitrogen and oxygen atoms in total. The molecule has 0 spiro atoms. The molecule has 0 aliphatic carbocycles. The number of carboxylic acid groups (broad SMARTS) is 1. The maximum absolute atomic E-state index is 12.5. The van der Waals surface area contributed by atoms with Gasteiger partial charge < -0.3 is 9.84 Å². The summed E-state index contributed by atoms with van der Waals surface area (Å²) in [6, 6.07) is 12.1. The monoisotopic (exact) mass is 349 g/mol. The number of aryl methyl sites for hydroxylation is 1. The second-order valence-corrected chi connectivity index (χ2v) is 7.07. The van der Waals surface area contributed by atoms with E-state index in [1.807, 2.05) is 6.92 Å².